The summed E-state index contributed by atoms with van der Waals surface area (Å²) in [5.41, 5.74) is 25.3. The van der Waals surface area contributed by atoms with Gasteiger partial charge in [0, 0.05) is 56.4 Å². The molecule has 0 spiro atoms. The van der Waals surface area contributed by atoms with Gasteiger partial charge in [-0.2, -0.15) is 0 Å². The molecule has 8 aromatic rings. The van der Waals surface area contributed by atoms with Crippen LogP contribution >= 0.6 is 0 Å². The Balaban J connectivity index is 1.10. The summed E-state index contributed by atoms with van der Waals surface area (Å²) in [7, 11) is 0. The molecule has 332 valence electrons. The molecule has 0 saturated carbocycles. The van der Waals surface area contributed by atoms with Crippen molar-refractivity contribution in [3.63, 3.8) is 0 Å². The number of para-hydroxylation sites is 1. The fraction of sp³-hybridized carbons (Fsp3) is 0.270. The van der Waals surface area contributed by atoms with Crippen LogP contribution in [0.4, 0.5) is 34.1 Å². The third-order valence-electron chi connectivity index (χ3n) is 15.7. The van der Waals surface area contributed by atoms with Gasteiger partial charge in [-0.05, 0) is 145 Å². The molecule has 0 saturated heterocycles. The van der Waals surface area contributed by atoms with E-state index < -0.39 is 0 Å². The fourth-order valence-corrected chi connectivity index (χ4v) is 11.9. The lowest BCUT2D eigenvalue weighted by Crippen LogP contribution is -2.61. The van der Waals surface area contributed by atoms with Gasteiger partial charge >= 0.3 is 0 Å². The molecule has 3 nitrogen and oxygen atoms in total. The van der Waals surface area contributed by atoms with E-state index in [-0.39, 0.29) is 28.4 Å². The highest BCUT2D eigenvalue weighted by Crippen LogP contribution is 2.55. The van der Waals surface area contributed by atoms with Crippen molar-refractivity contribution in [1.29, 1.82) is 0 Å². The topological polar surface area (TPSA) is 19.6 Å². The van der Waals surface area contributed by atoms with Crippen molar-refractivity contribution in [3.05, 3.63) is 185 Å². The molecule has 0 N–H and O–H groups in total. The summed E-state index contributed by atoms with van der Waals surface area (Å²) in [5, 5.41) is 2.28. The minimum absolute atomic E-state index is 0.0191. The average molecular weight is 873 g/mol. The number of anilines is 6. The molecule has 3 heterocycles. The zero-order chi connectivity index (χ0) is 46.5. The highest BCUT2D eigenvalue weighted by Gasteiger charge is 2.45. The van der Waals surface area contributed by atoms with Crippen molar-refractivity contribution in [1.82, 2.24) is 0 Å². The van der Waals surface area contributed by atoms with Gasteiger partial charge in [-0.25, -0.2) is 0 Å². The van der Waals surface area contributed by atoms with E-state index in [0.717, 1.165) is 40.5 Å². The van der Waals surface area contributed by atoms with Crippen LogP contribution in [0.1, 0.15) is 122 Å². The van der Waals surface area contributed by atoms with E-state index in [2.05, 4.69) is 232 Å². The van der Waals surface area contributed by atoms with Crippen molar-refractivity contribution in [2.75, 3.05) is 9.80 Å². The van der Waals surface area contributed by atoms with Crippen LogP contribution in [0.25, 0.3) is 33.1 Å². The lowest BCUT2D eigenvalue weighted by atomic mass is 9.33. The number of furan rings is 1. The van der Waals surface area contributed by atoms with Crippen LogP contribution in [0, 0.1) is 0 Å². The first-order valence-corrected chi connectivity index (χ1v) is 24.5. The maximum atomic E-state index is 6.62. The lowest BCUT2D eigenvalue weighted by molar-refractivity contribution is 0.589. The number of benzene rings is 7. The average Bonchev–Trinajstić information content (AvgIpc) is 3.78. The SMILES string of the molecule is CC(C)(C)c1ccc2c(c1)B1c3ccc(C(C)(C)C)cc3N(c3ccc4c(c3)oc3ccccc34)c3cc(C(C)(C)C)cc(c31)N2c1ccc(C2=CCCC3=C2c2ccccc2C3(C)C)cc1. The Morgan fingerprint density at radius 2 is 1.13 bits per heavy atom. The lowest BCUT2D eigenvalue weighted by Gasteiger charge is -2.45. The fourth-order valence-electron chi connectivity index (χ4n) is 11.9. The Hall–Kier alpha value is -6.52. The summed E-state index contributed by atoms with van der Waals surface area (Å²) in [5.74, 6) is 0. The van der Waals surface area contributed by atoms with Gasteiger partial charge in [0.1, 0.15) is 11.2 Å². The molecule has 0 unspecified atom stereocenters. The summed E-state index contributed by atoms with van der Waals surface area (Å²) in [6, 6.07) is 53.5. The van der Waals surface area contributed by atoms with Gasteiger partial charge in [-0.1, -0.05) is 167 Å². The molecule has 12 rings (SSSR count). The van der Waals surface area contributed by atoms with Crippen LogP contribution < -0.4 is 26.2 Å². The van der Waals surface area contributed by atoms with Crippen molar-refractivity contribution >= 4 is 90.3 Å². The van der Waals surface area contributed by atoms with Gasteiger partial charge in [0.2, 0.25) is 0 Å². The minimum atomic E-state index is -0.126. The molecule has 0 fully saturated rings. The molecule has 7 aromatic carbocycles. The van der Waals surface area contributed by atoms with Crippen LogP contribution in [-0.4, -0.2) is 6.71 Å². The normalized spacial score (nSPS) is 16.2. The van der Waals surface area contributed by atoms with Crippen LogP contribution in [0.5, 0.6) is 0 Å². The Bertz CT molecular complexity index is 3450. The zero-order valence-corrected chi connectivity index (χ0v) is 41.2. The second kappa shape index (κ2) is 14.3. The number of rotatable bonds is 3. The Morgan fingerprint density at radius 1 is 0.522 bits per heavy atom. The van der Waals surface area contributed by atoms with E-state index in [9.17, 15) is 0 Å². The molecular weight excluding hydrogens is 812 g/mol. The summed E-state index contributed by atoms with van der Waals surface area (Å²) in [6.45, 7) is 25.9. The molecule has 4 aliphatic rings. The minimum Gasteiger partial charge on any atom is -0.456 e. The first kappa shape index (κ1) is 41.9. The Labute approximate surface area is 397 Å². The maximum Gasteiger partial charge on any atom is 0.252 e. The Kier molecular flexibility index (Phi) is 8.91. The number of nitrogens with zero attached hydrogens (tertiary/aromatic N) is 2. The first-order chi connectivity index (χ1) is 31.9. The second-order valence-electron chi connectivity index (χ2n) is 23.3. The summed E-state index contributed by atoms with van der Waals surface area (Å²) in [4.78, 5) is 5.14. The third-order valence-corrected chi connectivity index (χ3v) is 15.7. The standard InChI is InChI=1S/C63H61BN2O/c1-60(2,3)39-26-32-52-51(33-39)64-50-31-25-40(61(4,5)6)34-53(50)66(43-29-30-46-45-17-13-15-22-56(45)67-57(46)37-43)55-36-41(62(7,8)9)35-54(59(55)64)65(52)42-27-23-38(24-28-42)44-19-16-21-49-58(44)47-18-12-14-20-48(47)63(49,10)11/h12-15,17-20,22-37H,16,21H2,1-11H3. The van der Waals surface area contributed by atoms with Gasteiger partial charge in [-0.3, -0.25) is 0 Å². The molecular formula is C63H61BN2O. The number of allylic oxidation sites excluding steroid dienone is 4. The van der Waals surface area contributed by atoms with Gasteiger partial charge in [0.15, 0.2) is 0 Å². The number of hydrogen-bond acceptors (Lipinski definition) is 3. The molecule has 0 atom stereocenters. The quantitative estimate of drug-likeness (QED) is 0.165. The van der Waals surface area contributed by atoms with Gasteiger partial charge < -0.3 is 14.2 Å². The van der Waals surface area contributed by atoms with Crippen LogP contribution in [0.2, 0.25) is 0 Å². The number of fused-ring (bicyclic) bond motifs is 9. The molecule has 67 heavy (non-hydrogen) atoms. The van der Waals surface area contributed by atoms with Gasteiger partial charge in [-0.15, -0.1) is 0 Å². The summed E-state index contributed by atoms with van der Waals surface area (Å²) >= 11 is 0. The van der Waals surface area contributed by atoms with E-state index in [1.54, 1.807) is 5.57 Å². The predicted octanol–water partition coefficient (Wildman–Crippen LogP) is 15.5. The van der Waals surface area contributed by atoms with Crippen LogP contribution in [-0.2, 0) is 21.7 Å². The molecule has 0 bridgehead atoms. The summed E-state index contributed by atoms with van der Waals surface area (Å²) in [6.07, 6.45) is 4.66. The van der Waals surface area contributed by atoms with Crippen molar-refractivity contribution in [2.45, 2.75) is 111 Å². The van der Waals surface area contributed by atoms with Crippen LogP contribution in [0.3, 0.4) is 0 Å². The molecule has 2 aliphatic carbocycles. The van der Waals surface area contributed by atoms with E-state index >= 15 is 0 Å². The van der Waals surface area contributed by atoms with Crippen molar-refractivity contribution in [2.24, 2.45) is 0 Å². The highest BCUT2D eigenvalue weighted by atomic mass is 16.3. The molecule has 2 aliphatic heterocycles. The third kappa shape index (κ3) is 6.31. The first-order valence-electron chi connectivity index (χ1n) is 24.5. The Morgan fingerprint density at radius 3 is 1.87 bits per heavy atom. The molecule has 0 amide bonds. The van der Waals surface area contributed by atoms with E-state index in [0.29, 0.717) is 0 Å². The van der Waals surface area contributed by atoms with Crippen molar-refractivity contribution in [3.8, 4) is 0 Å². The molecule has 0 radical (unpaired) electrons. The monoisotopic (exact) mass is 872 g/mol. The largest absolute Gasteiger partial charge is 0.456 e. The highest BCUT2D eigenvalue weighted by molar-refractivity contribution is 7.00. The predicted molar refractivity (Wildman–Crippen MR) is 287 cm³/mol. The second-order valence-corrected chi connectivity index (χ2v) is 23.3. The van der Waals surface area contributed by atoms with Crippen molar-refractivity contribution < 1.29 is 4.42 Å². The maximum absolute atomic E-state index is 6.62. The van der Waals surface area contributed by atoms with Gasteiger partial charge in [0.05, 0.1) is 0 Å². The summed E-state index contributed by atoms with van der Waals surface area (Å²) < 4.78 is 6.62. The smallest absolute Gasteiger partial charge is 0.252 e. The van der Waals surface area contributed by atoms with E-state index in [1.807, 2.05) is 0 Å². The van der Waals surface area contributed by atoms with E-state index in [4.69, 9.17) is 4.42 Å². The molecule has 4 heteroatoms. The number of hydrogen-bond donors (Lipinski definition) is 0. The van der Waals surface area contributed by atoms with E-state index in [1.165, 1.54) is 89.4 Å². The molecule has 1 aromatic heterocycles. The van der Waals surface area contributed by atoms with Crippen LogP contribution in [0.15, 0.2) is 156 Å². The zero-order valence-electron chi connectivity index (χ0n) is 41.2. The van der Waals surface area contributed by atoms with Gasteiger partial charge in [0.25, 0.3) is 6.71 Å².